The molecule has 0 radical (unpaired) electrons. The van der Waals surface area contributed by atoms with Crippen LogP contribution in [-0.2, 0) is 4.79 Å². The summed E-state index contributed by atoms with van der Waals surface area (Å²) in [5, 5.41) is 5.32. The zero-order valence-electron chi connectivity index (χ0n) is 15.0. The van der Waals surface area contributed by atoms with Crippen molar-refractivity contribution in [2.45, 2.75) is 44.7 Å². The molecule has 1 atom stereocenters. The van der Waals surface area contributed by atoms with Gasteiger partial charge < -0.3 is 15.4 Å². The lowest BCUT2D eigenvalue weighted by molar-refractivity contribution is -0.714. The van der Waals surface area contributed by atoms with Crippen molar-refractivity contribution in [2.24, 2.45) is 0 Å². The minimum atomic E-state index is -0.241. The number of nitrogens with two attached hydrogens (primary N) is 1. The van der Waals surface area contributed by atoms with Gasteiger partial charge in [-0.2, -0.15) is 0 Å². The third kappa shape index (κ3) is 4.40. The van der Waals surface area contributed by atoms with E-state index in [1.807, 2.05) is 55.5 Å². The molecule has 0 heterocycles. The van der Waals surface area contributed by atoms with Gasteiger partial charge in [0.05, 0.1) is 18.8 Å². The van der Waals surface area contributed by atoms with Gasteiger partial charge in [-0.1, -0.05) is 36.4 Å². The van der Waals surface area contributed by atoms with E-state index in [2.05, 4.69) is 10.6 Å². The van der Waals surface area contributed by atoms with Crippen molar-refractivity contribution >= 4 is 11.6 Å². The van der Waals surface area contributed by atoms with Crippen molar-refractivity contribution in [3.8, 4) is 5.75 Å². The van der Waals surface area contributed by atoms with Crippen LogP contribution in [0.2, 0.25) is 0 Å². The molecular formula is C21H27N2O2+. The molecule has 1 amide bonds. The Morgan fingerprint density at radius 3 is 2.56 bits per heavy atom. The van der Waals surface area contributed by atoms with Crippen LogP contribution < -0.4 is 15.4 Å². The van der Waals surface area contributed by atoms with Crippen LogP contribution in [0, 0.1) is 6.92 Å². The molecule has 1 aliphatic carbocycles. The number of hydrogen-bond acceptors (Lipinski definition) is 2. The van der Waals surface area contributed by atoms with Gasteiger partial charge >= 0.3 is 0 Å². The summed E-state index contributed by atoms with van der Waals surface area (Å²) in [5.74, 6) is 0.689. The standard InChI is InChI=1S/C21H26N2O2/c1-15-12-13-19(25-2)18(14-15)23-21(24)20(16-8-4-3-5-9-16)22-17-10-6-7-11-17/h3-5,8-9,12-14,17,20,22H,6-7,10-11H2,1-2H3,(H,23,24)/p+1/t20-/m1/s1. The molecule has 25 heavy (non-hydrogen) atoms. The lowest BCUT2D eigenvalue weighted by Crippen LogP contribution is -2.92. The molecule has 1 fully saturated rings. The van der Waals surface area contributed by atoms with Crippen molar-refractivity contribution in [3.63, 3.8) is 0 Å². The van der Waals surface area contributed by atoms with E-state index in [-0.39, 0.29) is 11.9 Å². The number of carbonyl (C=O) groups is 1. The number of benzene rings is 2. The van der Waals surface area contributed by atoms with Crippen molar-refractivity contribution in [3.05, 3.63) is 59.7 Å². The smallest absolute Gasteiger partial charge is 0.287 e. The van der Waals surface area contributed by atoms with Gasteiger partial charge in [-0.25, -0.2) is 0 Å². The van der Waals surface area contributed by atoms with Crippen molar-refractivity contribution < 1.29 is 14.8 Å². The van der Waals surface area contributed by atoms with Gasteiger partial charge in [0, 0.05) is 5.56 Å². The molecule has 1 aliphatic rings. The molecule has 0 aliphatic heterocycles. The fraction of sp³-hybridized carbons (Fsp3) is 0.381. The highest BCUT2D eigenvalue weighted by molar-refractivity contribution is 5.95. The lowest BCUT2D eigenvalue weighted by atomic mass is 10.0. The number of quaternary nitrogens is 1. The maximum atomic E-state index is 13.1. The lowest BCUT2D eigenvalue weighted by Gasteiger charge is -2.20. The van der Waals surface area contributed by atoms with Crippen LogP contribution in [0.15, 0.2) is 48.5 Å². The zero-order valence-corrected chi connectivity index (χ0v) is 15.0. The van der Waals surface area contributed by atoms with E-state index < -0.39 is 0 Å². The molecule has 4 heteroatoms. The van der Waals surface area contributed by atoms with Gasteiger partial charge in [0.25, 0.3) is 5.91 Å². The summed E-state index contributed by atoms with van der Waals surface area (Å²) >= 11 is 0. The normalized spacial score (nSPS) is 15.8. The number of amides is 1. The number of rotatable bonds is 6. The summed E-state index contributed by atoms with van der Waals surface area (Å²) in [5.41, 5.74) is 2.86. The number of carbonyl (C=O) groups excluding carboxylic acids is 1. The van der Waals surface area contributed by atoms with Crippen LogP contribution in [0.1, 0.15) is 42.9 Å². The third-order valence-corrected chi connectivity index (χ3v) is 4.92. The molecule has 132 valence electrons. The summed E-state index contributed by atoms with van der Waals surface area (Å²) < 4.78 is 5.40. The quantitative estimate of drug-likeness (QED) is 0.849. The van der Waals surface area contributed by atoms with Gasteiger partial charge in [0.1, 0.15) is 5.75 Å². The fourth-order valence-electron chi connectivity index (χ4n) is 3.56. The van der Waals surface area contributed by atoms with E-state index in [1.165, 1.54) is 25.7 Å². The first kappa shape index (κ1) is 17.5. The van der Waals surface area contributed by atoms with Gasteiger partial charge in [-0.3, -0.25) is 4.79 Å². The molecule has 4 nitrogen and oxygen atoms in total. The topological polar surface area (TPSA) is 54.9 Å². The van der Waals surface area contributed by atoms with Crippen LogP contribution in [0.3, 0.4) is 0 Å². The summed E-state index contributed by atoms with van der Waals surface area (Å²) in [7, 11) is 1.62. The molecule has 3 rings (SSSR count). The number of ether oxygens (including phenoxy) is 1. The largest absolute Gasteiger partial charge is 0.495 e. The van der Waals surface area contributed by atoms with Gasteiger partial charge in [-0.15, -0.1) is 0 Å². The predicted molar refractivity (Wildman–Crippen MR) is 99.7 cm³/mol. The Morgan fingerprint density at radius 2 is 1.88 bits per heavy atom. The summed E-state index contributed by atoms with van der Waals surface area (Å²) in [4.78, 5) is 13.1. The highest BCUT2D eigenvalue weighted by atomic mass is 16.5. The second kappa shape index (κ2) is 8.17. The first-order valence-electron chi connectivity index (χ1n) is 9.03. The molecule has 0 bridgehead atoms. The molecule has 0 saturated heterocycles. The van der Waals surface area contributed by atoms with E-state index in [0.29, 0.717) is 11.8 Å². The Bertz CT molecular complexity index is 709. The average Bonchev–Trinajstić information content (AvgIpc) is 3.14. The Morgan fingerprint density at radius 1 is 1.16 bits per heavy atom. The molecule has 1 saturated carbocycles. The first-order chi connectivity index (χ1) is 12.2. The Balaban J connectivity index is 1.82. The second-order valence-electron chi connectivity index (χ2n) is 6.82. The Kier molecular flexibility index (Phi) is 5.71. The molecule has 2 aromatic rings. The average molecular weight is 339 g/mol. The number of anilines is 1. The number of aryl methyl sites for hydroxylation is 1. The van der Waals surface area contributed by atoms with Crippen LogP contribution in [0.25, 0.3) is 0 Å². The number of methoxy groups -OCH3 is 1. The summed E-state index contributed by atoms with van der Waals surface area (Å²) in [6, 6.07) is 16.1. The second-order valence-corrected chi connectivity index (χ2v) is 6.82. The van der Waals surface area contributed by atoms with E-state index in [9.17, 15) is 4.79 Å². The molecular weight excluding hydrogens is 312 g/mol. The number of nitrogens with one attached hydrogen (secondary N) is 1. The zero-order chi connectivity index (χ0) is 17.6. The van der Waals surface area contributed by atoms with E-state index in [4.69, 9.17) is 4.74 Å². The minimum absolute atomic E-state index is 0.00185. The monoisotopic (exact) mass is 339 g/mol. The highest BCUT2D eigenvalue weighted by Crippen LogP contribution is 2.26. The van der Waals surface area contributed by atoms with Crippen molar-refractivity contribution in [1.29, 1.82) is 0 Å². The van der Waals surface area contributed by atoms with Gasteiger partial charge in [0.2, 0.25) is 0 Å². The van der Waals surface area contributed by atoms with E-state index in [1.54, 1.807) is 7.11 Å². The molecule has 0 spiro atoms. The summed E-state index contributed by atoms with van der Waals surface area (Å²) in [6.07, 6.45) is 4.89. The van der Waals surface area contributed by atoms with Crippen LogP contribution in [0.4, 0.5) is 5.69 Å². The Labute approximate surface area is 149 Å². The highest BCUT2D eigenvalue weighted by Gasteiger charge is 2.30. The van der Waals surface area contributed by atoms with Crippen LogP contribution in [-0.4, -0.2) is 19.1 Å². The van der Waals surface area contributed by atoms with Crippen LogP contribution in [0.5, 0.6) is 5.75 Å². The molecule has 2 aromatic carbocycles. The van der Waals surface area contributed by atoms with E-state index >= 15 is 0 Å². The van der Waals surface area contributed by atoms with Gasteiger partial charge in [0.15, 0.2) is 6.04 Å². The predicted octanol–water partition coefficient (Wildman–Crippen LogP) is 3.19. The molecule has 3 N–H and O–H groups in total. The Hall–Kier alpha value is -2.33. The summed E-state index contributed by atoms with van der Waals surface area (Å²) in [6.45, 7) is 2.01. The van der Waals surface area contributed by atoms with Crippen LogP contribution >= 0.6 is 0 Å². The molecule has 0 unspecified atom stereocenters. The number of hydrogen-bond donors (Lipinski definition) is 2. The first-order valence-corrected chi connectivity index (χ1v) is 9.03. The van der Waals surface area contributed by atoms with E-state index in [0.717, 1.165) is 16.8 Å². The molecule has 0 aromatic heterocycles. The fourth-order valence-corrected chi connectivity index (χ4v) is 3.56. The minimum Gasteiger partial charge on any atom is -0.495 e. The van der Waals surface area contributed by atoms with Gasteiger partial charge in [-0.05, 0) is 50.3 Å². The maximum Gasteiger partial charge on any atom is 0.287 e. The maximum absolute atomic E-state index is 13.1. The van der Waals surface area contributed by atoms with Crippen molar-refractivity contribution in [2.75, 3.05) is 12.4 Å². The SMILES string of the molecule is COc1ccc(C)cc1NC(=O)[C@H]([NH2+]C1CCCC1)c1ccccc1. The third-order valence-electron chi connectivity index (χ3n) is 4.92. The van der Waals surface area contributed by atoms with Crippen molar-refractivity contribution in [1.82, 2.24) is 0 Å².